The first-order valence-electron chi connectivity index (χ1n) is 6.97. The number of carbonyl (C=O) groups excluding carboxylic acids is 1. The van der Waals surface area contributed by atoms with E-state index in [4.69, 9.17) is 5.73 Å². The molecule has 0 bridgehead atoms. The summed E-state index contributed by atoms with van der Waals surface area (Å²) < 4.78 is 2.28. The van der Waals surface area contributed by atoms with E-state index in [0.717, 1.165) is 17.3 Å². The van der Waals surface area contributed by atoms with E-state index in [9.17, 15) is 4.79 Å². The fourth-order valence-corrected chi connectivity index (χ4v) is 3.02. The Morgan fingerprint density at radius 2 is 2.32 bits per heavy atom. The highest BCUT2D eigenvalue weighted by atomic mass is 79.9. The molecule has 2 unspecified atom stereocenters. The summed E-state index contributed by atoms with van der Waals surface area (Å²) in [7, 11) is 0. The smallest absolute Gasteiger partial charge is 0.293 e. The number of piperidine rings is 1. The van der Waals surface area contributed by atoms with Gasteiger partial charge in [0.15, 0.2) is 0 Å². The van der Waals surface area contributed by atoms with Crippen LogP contribution in [0.1, 0.15) is 30.4 Å². The highest BCUT2D eigenvalue weighted by molar-refractivity contribution is 9.10. The molecule has 3 heterocycles. The molecule has 2 atom stereocenters. The van der Waals surface area contributed by atoms with Gasteiger partial charge in [-0.15, -0.1) is 17.5 Å². The predicted octanol–water partition coefficient (Wildman–Crippen LogP) is 1.51. The van der Waals surface area contributed by atoms with Crippen LogP contribution in [0.15, 0.2) is 16.9 Å². The topological polar surface area (TPSA) is 89.4 Å². The minimum absolute atomic E-state index is 0. The van der Waals surface area contributed by atoms with Crippen LogP contribution in [0.2, 0.25) is 0 Å². The van der Waals surface area contributed by atoms with Crippen LogP contribution in [-0.4, -0.2) is 49.5 Å². The van der Waals surface area contributed by atoms with Gasteiger partial charge >= 0.3 is 0 Å². The van der Waals surface area contributed by atoms with E-state index >= 15 is 0 Å². The second-order valence-electron chi connectivity index (χ2n) is 5.47. The average Bonchev–Trinajstić information content (AvgIpc) is 2.89. The molecule has 2 N–H and O–H groups in total. The summed E-state index contributed by atoms with van der Waals surface area (Å²) in [5.41, 5.74) is 5.81. The quantitative estimate of drug-likeness (QED) is 0.841. The molecule has 0 radical (unpaired) electrons. The fraction of sp³-hybridized carbons (Fsp3) is 0.538. The summed E-state index contributed by atoms with van der Waals surface area (Å²) in [4.78, 5) is 22.8. The Morgan fingerprint density at radius 1 is 1.55 bits per heavy atom. The maximum Gasteiger partial charge on any atom is 0.293 e. The predicted molar refractivity (Wildman–Crippen MR) is 88.0 cm³/mol. The largest absolute Gasteiger partial charge is 0.332 e. The van der Waals surface area contributed by atoms with Crippen molar-refractivity contribution in [2.24, 2.45) is 11.7 Å². The molecule has 120 valence electrons. The number of carbonyl (C=O) groups is 1. The lowest BCUT2D eigenvalue weighted by molar-refractivity contribution is 0.0561. The second kappa shape index (κ2) is 6.89. The summed E-state index contributed by atoms with van der Waals surface area (Å²) in [5.74, 6) is 1.01. The second-order valence-corrected chi connectivity index (χ2v) is 6.39. The maximum atomic E-state index is 12.6. The zero-order valence-corrected chi connectivity index (χ0v) is 14.5. The Balaban J connectivity index is 0.00000176. The van der Waals surface area contributed by atoms with Gasteiger partial charge in [-0.25, -0.2) is 9.50 Å². The molecule has 0 saturated carbocycles. The molecule has 0 spiro atoms. The third-order valence-corrected chi connectivity index (χ3v) is 4.27. The minimum atomic E-state index is -0.168. The minimum Gasteiger partial charge on any atom is -0.332 e. The SMILES string of the molecule is CC1CCN(C(=O)c2nc3ncc(Br)cn3n2)C(CN)C1.Cl. The summed E-state index contributed by atoms with van der Waals surface area (Å²) in [5, 5.41) is 4.22. The van der Waals surface area contributed by atoms with Crippen molar-refractivity contribution in [1.29, 1.82) is 0 Å². The first-order valence-corrected chi connectivity index (χ1v) is 7.76. The van der Waals surface area contributed by atoms with Gasteiger partial charge in [-0.05, 0) is 34.7 Å². The van der Waals surface area contributed by atoms with Crippen molar-refractivity contribution < 1.29 is 4.79 Å². The molecule has 1 fully saturated rings. The molecule has 1 aliphatic heterocycles. The molecule has 9 heteroatoms. The standard InChI is InChI=1S/C13H17BrN6O.ClH/c1-8-2-3-19(10(4-8)5-15)12(21)11-17-13-16-6-9(14)7-20(13)18-11;/h6-8,10H,2-5,15H2,1H3;1H. The Morgan fingerprint density at radius 3 is 3.05 bits per heavy atom. The van der Waals surface area contributed by atoms with E-state index in [-0.39, 0.29) is 30.2 Å². The number of likely N-dealkylation sites (tertiary alicyclic amines) is 1. The van der Waals surface area contributed by atoms with E-state index in [0.29, 0.717) is 24.8 Å². The Hall–Kier alpha value is -1.25. The third kappa shape index (κ3) is 3.23. The molecule has 1 saturated heterocycles. The van der Waals surface area contributed by atoms with Crippen molar-refractivity contribution in [2.75, 3.05) is 13.1 Å². The lowest BCUT2D eigenvalue weighted by Crippen LogP contribution is -2.49. The van der Waals surface area contributed by atoms with Crippen molar-refractivity contribution in [1.82, 2.24) is 24.5 Å². The molecule has 22 heavy (non-hydrogen) atoms. The van der Waals surface area contributed by atoms with Gasteiger partial charge in [0, 0.05) is 31.5 Å². The average molecular weight is 390 g/mol. The van der Waals surface area contributed by atoms with Crippen molar-refractivity contribution >= 4 is 40.0 Å². The van der Waals surface area contributed by atoms with Crippen LogP contribution in [0.25, 0.3) is 5.78 Å². The van der Waals surface area contributed by atoms with Crippen molar-refractivity contribution in [3.63, 3.8) is 0 Å². The molecule has 7 nitrogen and oxygen atoms in total. The number of rotatable bonds is 2. The van der Waals surface area contributed by atoms with Crippen LogP contribution in [0.4, 0.5) is 0 Å². The van der Waals surface area contributed by atoms with Gasteiger partial charge in [0.25, 0.3) is 11.7 Å². The maximum absolute atomic E-state index is 12.6. The third-order valence-electron chi connectivity index (χ3n) is 3.86. The number of hydrogen-bond donors (Lipinski definition) is 1. The van der Waals surface area contributed by atoms with E-state index in [2.05, 4.69) is 37.9 Å². The summed E-state index contributed by atoms with van der Waals surface area (Å²) in [6, 6.07) is 0.0626. The Labute approximate surface area is 142 Å². The number of halogens is 2. The highest BCUT2D eigenvalue weighted by Gasteiger charge is 2.31. The first kappa shape index (κ1) is 17.1. The van der Waals surface area contributed by atoms with Gasteiger partial charge < -0.3 is 10.6 Å². The van der Waals surface area contributed by atoms with Gasteiger partial charge in [-0.1, -0.05) is 6.92 Å². The lowest BCUT2D eigenvalue weighted by Gasteiger charge is -2.37. The molecule has 3 rings (SSSR count). The molecule has 2 aromatic heterocycles. The monoisotopic (exact) mass is 388 g/mol. The van der Waals surface area contributed by atoms with Crippen LogP contribution in [0, 0.1) is 5.92 Å². The molecule has 1 amide bonds. The fourth-order valence-electron chi connectivity index (χ4n) is 2.72. The van der Waals surface area contributed by atoms with Crippen LogP contribution in [-0.2, 0) is 0 Å². The van der Waals surface area contributed by atoms with Gasteiger partial charge in [0.05, 0.1) is 4.47 Å². The van der Waals surface area contributed by atoms with Crippen molar-refractivity contribution in [2.45, 2.75) is 25.8 Å². The number of nitrogens with two attached hydrogens (primary N) is 1. The van der Waals surface area contributed by atoms with Gasteiger partial charge in [-0.3, -0.25) is 4.79 Å². The van der Waals surface area contributed by atoms with E-state index in [1.807, 2.05) is 0 Å². The van der Waals surface area contributed by atoms with Crippen LogP contribution >= 0.6 is 28.3 Å². The number of amides is 1. The zero-order chi connectivity index (χ0) is 15.0. The Bertz CT molecular complexity index is 678. The molecule has 0 aliphatic carbocycles. The number of fused-ring (bicyclic) bond motifs is 1. The molecule has 1 aliphatic rings. The van der Waals surface area contributed by atoms with Crippen LogP contribution in [0.5, 0.6) is 0 Å². The number of hydrogen-bond acceptors (Lipinski definition) is 5. The molecule has 0 aromatic carbocycles. The summed E-state index contributed by atoms with van der Waals surface area (Å²) >= 11 is 3.32. The normalized spacial score (nSPS) is 21.7. The van der Waals surface area contributed by atoms with E-state index in [1.54, 1.807) is 17.3 Å². The molecular weight excluding hydrogens is 372 g/mol. The van der Waals surface area contributed by atoms with Crippen molar-refractivity contribution in [3.05, 3.63) is 22.7 Å². The van der Waals surface area contributed by atoms with Gasteiger partial charge in [0.2, 0.25) is 5.82 Å². The van der Waals surface area contributed by atoms with Crippen molar-refractivity contribution in [3.8, 4) is 0 Å². The van der Waals surface area contributed by atoms with Gasteiger partial charge in [0.1, 0.15) is 0 Å². The molecule has 2 aromatic rings. The van der Waals surface area contributed by atoms with E-state index < -0.39 is 0 Å². The van der Waals surface area contributed by atoms with Gasteiger partial charge in [-0.2, -0.15) is 4.98 Å². The zero-order valence-electron chi connectivity index (χ0n) is 12.1. The molecular formula is C13H18BrClN6O. The number of nitrogens with zero attached hydrogens (tertiary/aromatic N) is 5. The van der Waals surface area contributed by atoms with E-state index in [1.165, 1.54) is 4.52 Å². The first-order chi connectivity index (χ1) is 10.1. The lowest BCUT2D eigenvalue weighted by atomic mass is 9.92. The summed E-state index contributed by atoms with van der Waals surface area (Å²) in [6.07, 6.45) is 5.27. The van der Waals surface area contributed by atoms with Crippen LogP contribution in [0.3, 0.4) is 0 Å². The number of aromatic nitrogens is 4. The highest BCUT2D eigenvalue weighted by Crippen LogP contribution is 2.23. The van der Waals surface area contributed by atoms with Crippen LogP contribution < -0.4 is 5.73 Å². The Kier molecular flexibility index (Phi) is 5.36. The summed E-state index contributed by atoms with van der Waals surface area (Å²) in [6.45, 7) is 3.36.